The van der Waals surface area contributed by atoms with Crippen molar-refractivity contribution in [2.45, 2.75) is 13.8 Å². The Morgan fingerprint density at radius 3 is 2.50 bits per heavy atom. The number of hydrogen-bond donors (Lipinski definition) is 1. The highest BCUT2D eigenvalue weighted by atomic mass is 19.1. The zero-order chi connectivity index (χ0) is 13.1. The highest BCUT2D eigenvalue weighted by Crippen LogP contribution is 2.23. The molecular weight excluding hydrogens is 227 g/mol. The maximum absolute atomic E-state index is 13.0. The third-order valence-corrected chi connectivity index (χ3v) is 2.89. The first-order valence-corrected chi connectivity index (χ1v) is 5.64. The monoisotopic (exact) mass is 240 g/mol. The molecule has 2 aromatic carbocycles. The van der Waals surface area contributed by atoms with E-state index < -0.39 is 5.82 Å². The van der Waals surface area contributed by atoms with Crippen LogP contribution in [0.15, 0.2) is 36.4 Å². The zero-order valence-corrected chi connectivity index (χ0v) is 10.3. The molecule has 1 N–H and O–H groups in total. The minimum Gasteiger partial charge on any atom is -0.354 e. The van der Waals surface area contributed by atoms with E-state index in [2.05, 4.69) is 5.32 Å². The van der Waals surface area contributed by atoms with E-state index in [1.54, 1.807) is 6.07 Å². The molecule has 0 saturated carbocycles. The van der Waals surface area contributed by atoms with E-state index in [1.807, 2.05) is 38.1 Å². The highest BCUT2D eigenvalue weighted by molar-refractivity contribution is 5.67. The van der Waals surface area contributed by atoms with E-state index in [4.69, 9.17) is 5.26 Å². The highest BCUT2D eigenvalue weighted by Gasteiger charge is 2.04. The van der Waals surface area contributed by atoms with Gasteiger partial charge < -0.3 is 5.32 Å². The van der Waals surface area contributed by atoms with Crippen LogP contribution in [0.4, 0.5) is 15.8 Å². The standard InChI is InChI=1S/C15H13FN2/c1-10-3-5-14(7-11(10)2)18-15-6-4-13(16)8-12(15)9-17/h3-8,18H,1-2H3. The van der Waals surface area contributed by atoms with Crippen molar-refractivity contribution in [2.24, 2.45) is 0 Å². The first kappa shape index (κ1) is 12.1. The summed E-state index contributed by atoms with van der Waals surface area (Å²) in [4.78, 5) is 0. The molecule has 0 aliphatic heterocycles. The lowest BCUT2D eigenvalue weighted by Gasteiger charge is -2.10. The second-order valence-corrected chi connectivity index (χ2v) is 4.23. The largest absolute Gasteiger partial charge is 0.354 e. The number of aryl methyl sites for hydroxylation is 2. The van der Waals surface area contributed by atoms with Gasteiger partial charge in [0.25, 0.3) is 0 Å². The van der Waals surface area contributed by atoms with Crippen LogP contribution < -0.4 is 5.32 Å². The molecule has 0 fully saturated rings. The molecule has 0 aliphatic rings. The van der Waals surface area contributed by atoms with Crippen LogP contribution in [0.2, 0.25) is 0 Å². The number of nitriles is 1. The van der Waals surface area contributed by atoms with Gasteiger partial charge >= 0.3 is 0 Å². The van der Waals surface area contributed by atoms with Crippen molar-refractivity contribution in [1.29, 1.82) is 5.26 Å². The van der Waals surface area contributed by atoms with Gasteiger partial charge in [-0.2, -0.15) is 5.26 Å². The van der Waals surface area contributed by atoms with E-state index >= 15 is 0 Å². The Hall–Kier alpha value is -2.34. The van der Waals surface area contributed by atoms with E-state index in [0.717, 1.165) is 5.69 Å². The fraction of sp³-hybridized carbons (Fsp3) is 0.133. The molecule has 0 aliphatic carbocycles. The predicted octanol–water partition coefficient (Wildman–Crippen LogP) is 4.06. The van der Waals surface area contributed by atoms with Gasteiger partial charge in [0.1, 0.15) is 11.9 Å². The lowest BCUT2D eigenvalue weighted by Crippen LogP contribution is -1.95. The molecule has 3 heteroatoms. The molecule has 0 radical (unpaired) electrons. The number of hydrogen-bond acceptors (Lipinski definition) is 2. The molecule has 0 aromatic heterocycles. The third kappa shape index (κ3) is 2.49. The van der Waals surface area contributed by atoms with Crippen LogP contribution in [0.3, 0.4) is 0 Å². The number of anilines is 2. The molecule has 18 heavy (non-hydrogen) atoms. The van der Waals surface area contributed by atoms with Gasteiger partial charge in [0.15, 0.2) is 0 Å². The van der Waals surface area contributed by atoms with Gasteiger partial charge in [-0.05, 0) is 55.3 Å². The van der Waals surface area contributed by atoms with Gasteiger partial charge in [0, 0.05) is 5.69 Å². The zero-order valence-electron chi connectivity index (χ0n) is 10.3. The Morgan fingerprint density at radius 1 is 1.06 bits per heavy atom. The molecule has 0 spiro atoms. The van der Waals surface area contributed by atoms with Crippen molar-refractivity contribution in [2.75, 3.05) is 5.32 Å². The predicted molar refractivity (Wildman–Crippen MR) is 70.3 cm³/mol. The Kier molecular flexibility index (Phi) is 3.29. The fourth-order valence-corrected chi connectivity index (χ4v) is 1.69. The van der Waals surface area contributed by atoms with Crippen LogP contribution in [0.5, 0.6) is 0 Å². The van der Waals surface area contributed by atoms with Crippen molar-refractivity contribution in [1.82, 2.24) is 0 Å². The number of rotatable bonds is 2. The molecule has 0 unspecified atom stereocenters. The molecule has 0 atom stereocenters. The van der Waals surface area contributed by atoms with Crippen molar-refractivity contribution >= 4 is 11.4 Å². The summed E-state index contributed by atoms with van der Waals surface area (Å²) in [6.45, 7) is 4.06. The summed E-state index contributed by atoms with van der Waals surface area (Å²) < 4.78 is 13.0. The Labute approximate surface area is 106 Å². The van der Waals surface area contributed by atoms with Crippen LogP contribution in [0.25, 0.3) is 0 Å². The van der Waals surface area contributed by atoms with Crippen molar-refractivity contribution in [3.63, 3.8) is 0 Å². The van der Waals surface area contributed by atoms with Crippen molar-refractivity contribution in [3.8, 4) is 6.07 Å². The summed E-state index contributed by atoms with van der Waals surface area (Å²) in [5.74, 6) is -0.405. The van der Waals surface area contributed by atoms with E-state index in [-0.39, 0.29) is 0 Å². The molecule has 2 rings (SSSR count). The minimum absolute atomic E-state index is 0.299. The van der Waals surface area contributed by atoms with E-state index in [9.17, 15) is 4.39 Å². The average molecular weight is 240 g/mol. The van der Waals surface area contributed by atoms with Crippen LogP contribution in [-0.2, 0) is 0 Å². The Morgan fingerprint density at radius 2 is 1.83 bits per heavy atom. The smallest absolute Gasteiger partial charge is 0.124 e. The summed E-state index contributed by atoms with van der Waals surface area (Å²) in [7, 11) is 0. The average Bonchev–Trinajstić information content (AvgIpc) is 2.36. The Bertz CT molecular complexity index is 627. The summed E-state index contributed by atoms with van der Waals surface area (Å²) in [6.07, 6.45) is 0. The first-order chi connectivity index (χ1) is 8.60. The summed E-state index contributed by atoms with van der Waals surface area (Å²) in [5.41, 5.74) is 4.18. The van der Waals surface area contributed by atoms with Crippen LogP contribution in [0, 0.1) is 31.0 Å². The maximum atomic E-state index is 13.0. The number of nitrogens with zero attached hydrogens (tertiary/aromatic N) is 1. The fourth-order valence-electron chi connectivity index (χ4n) is 1.69. The molecular formula is C15H13FN2. The Balaban J connectivity index is 2.34. The van der Waals surface area contributed by atoms with Crippen molar-refractivity contribution < 1.29 is 4.39 Å². The first-order valence-electron chi connectivity index (χ1n) is 5.64. The molecule has 2 nitrogen and oxygen atoms in total. The normalized spacial score (nSPS) is 9.89. The summed E-state index contributed by atoms with van der Waals surface area (Å²) in [5, 5.41) is 12.1. The lowest BCUT2D eigenvalue weighted by atomic mass is 10.1. The van der Waals surface area contributed by atoms with Gasteiger partial charge in [-0.15, -0.1) is 0 Å². The second-order valence-electron chi connectivity index (χ2n) is 4.23. The van der Waals surface area contributed by atoms with E-state index in [1.165, 1.54) is 23.3 Å². The summed E-state index contributed by atoms with van der Waals surface area (Å²) in [6, 6.07) is 12.1. The SMILES string of the molecule is Cc1ccc(Nc2ccc(F)cc2C#N)cc1C. The molecule has 2 aromatic rings. The summed E-state index contributed by atoms with van der Waals surface area (Å²) >= 11 is 0. The molecule has 0 bridgehead atoms. The van der Waals surface area contributed by atoms with E-state index in [0.29, 0.717) is 11.3 Å². The number of benzene rings is 2. The van der Waals surface area contributed by atoms with Crippen molar-refractivity contribution in [3.05, 3.63) is 58.9 Å². The minimum atomic E-state index is -0.405. The quantitative estimate of drug-likeness (QED) is 0.859. The molecule has 0 heterocycles. The van der Waals surface area contributed by atoms with Gasteiger partial charge in [0.05, 0.1) is 11.3 Å². The third-order valence-electron chi connectivity index (χ3n) is 2.89. The van der Waals surface area contributed by atoms with Gasteiger partial charge in [-0.3, -0.25) is 0 Å². The topological polar surface area (TPSA) is 35.8 Å². The molecule has 0 amide bonds. The van der Waals surface area contributed by atoms with Crippen LogP contribution in [0.1, 0.15) is 16.7 Å². The second kappa shape index (κ2) is 4.89. The number of halogens is 1. The van der Waals surface area contributed by atoms with Crippen LogP contribution in [-0.4, -0.2) is 0 Å². The maximum Gasteiger partial charge on any atom is 0.124 e. The van der Waals surface area contributed by atoms with Gasteiger partial charge in [0.2, 0.25) is 0 Å². The van der Waals surface area contributed by atoms with Gasteiger partial charge in [-0.1, -0.05) is 6.07 Å². The van der Waals surface area contributed by atoms with Gasteiger partial charge in [-0.25, -0.2) is 4.39 Å². The number of nitrogens with one attached hydrogen (secondary N) is 1. The molecule has 90 valence electrons. The van der Waals surface area contributed by atoms with Crippen LogP contribution >= 0.6 is 0 Å². The molecule has 0 saturated heterocycles. The lowest BCUT2D eigenvalue weighted by molar-refractivity contribution is 0.627.